The van der Waals surface area contributed by atoms with E-state index in [1.165, 1.54) is 52.3 Å². The van der Waals surface area contributed by atoms with Crippen LogP contribution >= 0.6 is 0 Å². The minimum Gasteiger partial charge on any atom is -0.369 e. The average molecular weight is 416 g/mol. The number of guanidine groups is 1. The van der Waals surface area contributed by atoms with Gasteiger partial charge in [0.05, 0.1) is 5.69 Å². The lowest BCUT2D eigenvalue weighted by molar-refractivity contribution is 0.616. The van der Waals surface area contributed by atoms with E-state index in [1.807, 2.05) is 6.07 Å². The molecule has 0 saturated carbocycles. The summed E-state index contributed by atoms with van der Waals surface area (Å²) in [6.07, 6.45) is 7.85. The Bertz CT molecular complexity index is 1400. The van der Waals surface area contributed by atoms with Crippen LogP contribution in [0, 0.1) is 0 Å². The molecule has 3 N–H and O–H groups in total. The first kappa shape index (κ1) is 18.9. The number of hydrogen-bond acceptors (Lipinski definition) is 1. The molecule has 6 rings (SSSR count). The standard InChI is InChI=1S/C29H25N3/c30-29(32-27-17-15-21-9-3-8-20-14-16-26(27)28(20)21)31-23-11-4-10-22(18-23)25-13-5-7-19-6-1-2-12-24(19)25/h1-4,6,8-12,14-18,25H,5,7,13H2,(H3,30,31,32). The second-order valence-corrected chi connectivity index (χ2v) is 8.67. The van der Waals surface area contributed by atoms with Crippen molar-refractivity contribution in [2.75, 3.05) is 5.32 Å². The molecule has 0 aromatic heterocycles. The van der Waals surface area contributed by atoms with Crippen LogP contribution in [0.15, 0.2) is 83.9 Å². The van der Waals surface area contributed by atoms with Crippen molar-refractivity contribution in [3.63, 3.8) is 0 Å². The molecule has 1 atom stereocenters. The molecular formula is C29H25N3. The number of aliphatic imine (C=N–C) groups is 1. The number of aryl methyl sites for hydroxylation is 1. The van der Waals surface area contributed by atoms with Gasteiger partial charge in [0.1, 0.15) is 0 Å². The second-order valence-electron chi connectivity index (χ2n) is 8.67. The van der Waals surface area contributed by atoms with Gasteiger partial charge in [0.15, 0.2) is 5.96 Å². The van der Waals surface area contributed by atoms with Crippen LogP contribution in [-0.4, -0.2) is 5.96 Å². The van der Waals surface area contributed by atoms with Crippen LogP contribution in [-0.2, 0) is 6.42 Å². The lowest BCUT2D eigenvalue weighted by Crippen LogP contribution is -2.22. The van der Waals surface area contributed by atoms with Gasteiger partial charge in [-0.25, -0.2) is 4.99 Å². The van der Waals surface area contributed by atoms with Gasteiger partial charge >= 0.3 is 0 Å². The number of nitrogens with one attached hydrogen (secondary N) is 1. The van der Waals surface area contributed by atoms with Gasteiger partial charge in [-0.2, -0.15) is 0 Å². The predicted molar refractivity (Wildman–Crippen MR) is 135 cm³/mol. The van der Waals surface area contributed by atoms with E-state index in [0.717, 1.165) is 16.9 Å². The fourth-order valence-electron chi connectivity index (χ4n) is 5.24. The number of nitrogens with two attached hydrogens (primary N) is 1. The maximum Gasteiger partial charge on any atom is 0.198 e. The van der Waals surface area contributed by atoms with Crippen molar-refractivity contribution >= 4 is 40.3 Å². The summed E-state index contributed by atoms with van der Waals surface area (Å²) in [4.78, 5) is 4.72. The lowest BCUT2D eigenvalue weighted by Gasteiger charge is -2.26. The van der Waals surface area contributed by atoms with Gasteiger partial charge in [0.25, 0.3) is 0 Å². The molecule has 4 aromatic rings. The van der Waals surface area contributed by atoms with E-state index in [-0.39, 0.29) is 0 Å². The third-order valence-electron chi connectivity index (χ3n) is 6.70. The van der Waals surface area contributed by atoms with E-state index < -0.39 is 0 Å². The van der Waals surface area contributed by atoms with Gasteiger partial charge in [-0.1, -0.05) is 72.8 Å². The molecule has 32 heavy (non-hydrogen) atoms. The van der Waals surface area contributed by atoms with E-state index in [1.54, 1.807) is 0 Å². The van der Waals surface area contributed by atoms with Gasteiger partial charge in [0.2, 0.25) is 0 Å². The third-order valence-corrected chi connectivity index (χ3v) is 6.70. The fourth-order valence-corrected chi connectivity index (χ4v) is 5.24. The van der Waals surface area contributed by atoms with Crippen LogP contribution in [0.4, 0.5) is 11.4 Å². The molecule has 2 aliphatic rings. The molecule has 0 spiro atoms. The number of benzene rings is 4. The van der Waals surface area contributed by atoms with E-state index in [4.69, 9.17) is 10.7 Å². The highest BCUT2D eigenvalue weighted by atomic mass is 15.1. The normalized spacial score (nSPS) is 16.9. The van der Waals surface area contributed by atoms with Gasteiger partial charge in [-0.05, 0) is 70.5 Å². The minimum atomic E-state index is 0.402. The number of fused-ring (bicyclic) bond motifs is 1. The predicted octanol–water partition coefficient (Wildman–Crippen LogP) is 6.85. The molecule has 0 heterocycles. The number of hydrogen-bond donors (Lipinski definition) is 2. The Morgan fingerprint density at radius 1 is 0.906 bits per heavy atom. The summed E-state index contributed by atoms with van der Waals surface area (Å²) in [5.41, 5.74) is 14.8. The summed E-state index contributed by atoms with van der Waals surface area (Å²) in [5, 5.41) is 5.79. The van der Waals surface area contributed by atoms with Crippen molar-refractivity contribution in [1.29, 1.82) is 0 Å². The van der Waals surface area contributed by atoms with Gasteiger partial charge in [-0.15, -0.1) is 0 Å². The van der Waals surface area contributed by atoms with Gasteiger partial charge in [0, 0.05) is 17.2 Å². The molecule has 4 aromatic carbocycles. The molecule has 0 saturated heterocycles. The summed E-state index contributed by atoms with van der Waals surface area (Å²) < 4.78 is 0. The van der Waals surface area contributed by atoms with Crippen molar-refractivity contribution in [3.8, 4) is 0 Å². The van der Waals surface area contributed by atoms with E-state index in [9.17, 15) is 0 Å². The molecule has 2 aliphatic carbocycles. The van der Waals surface area contributed by atoms with E-state index in [0.29, 0.717) is 11.9 Å². The summed E-state index contributed by atoms with van der Waals surface area (Å²) >= 11 is 0. The lowest BCUT2D eigenvalue weighted by atomic mass is 9.79. The molecule has 3 nitrogen and oxygen atoms in total. The molecule has 0 aliphatic heterocycles. The topological polar surface area (TPSA) is 50.4 Å². The van der Waals surface area contributed by atoms with E-state index >= 15 is 0 Å². The SMILES string of the molecule is NC(=Nc1ccc2cccc3c2c1C=C3)Nc1cccc(C2CCCc3ccccc32)c1. The molecule has 0 bridgehead atoms. The quantitative estimate of drug-likeness (QED) is 0.250. The second kappa shape index (κ2) is 7.69. The summed E-state index contributed by atoms with van der Waals surface area (Å²) in [5.74, 6) is 0.837. The molecule has 0 amide bonds. The molecule has 3 heteroatoms. The maximum absolute atomic E-state index is 6.34. The van der Waals surface area contributed by atoms with Crippen LogP contribution in [0.25, 0.3) is 22.9 Å². The zero-order valence-corrected chi connectivity index (χ0v) is 17.9. The van der Waals surface area contributed by atoms with E-state index in [2.05, 4.69) is 90.3 Å². The van der Waals surface area contributed by atoms with Crippen LogP contribution < -0.4 is 11.1 Å². The highest BCUT2D eigenvalue weighted by Gasteiger charge is 2.21. The number of anilines is 1. The summed E-state index contributed by atoms with van der Waals surface area (Å²) in [6, 6.07) is 28.0. The van der Waals surface area contributed by atoms with Crippen LogP contribution in [0.2, 0.25) is 0 Å². The Hall–Kier alpha value is -3.85. The highest BCUT2D eigenvalue weighted by Crippen LogP contribution is 2.38. The molecule has 1 unspecified atom stereocenters. The monoisotopic (exact) mass is 415 g/mol. The number of nitrogens with zero attached hydrogens (tertiary/aromatic N) is 1. The van der Waals surface area contributed by atoms with Gasteiger partial charge < -0.3 is 11.1 Å². The first-order valence-electron chi connectivity index (χ1n) is 11.3. The number of rotatable bonds is 3. The van der Waals surface area contributed by atoms with Crippen molar-refractivity contribution in [3.05, 3.63) is 107 Å². The van der Waals surface area contributed by atoms with Crippen molar-refractivity contribution < 1.29 is 0 Å². The third kappa shape index (κ3) is 3.27. The van der Waals surface area contributed by atoms with Gasteiger partial charge in [-0.3, -0.25) is 0 Å². The van der Waals surface area contributed by atoms with Crippen LogP contribution in [0.1, 0.15) is 46.6 Å². The Morgan fingerprint density at radius 2 is 1.81 bits per heavy atom. The maximum atomic E-state index is 6.34. The Labute approximate surface area is 188 Å². The first-order valence-corrected chi connectivity index (χ1v) is 11.3. The first-order chi connectivity index (χ1) is 15.8. The van der Waals surface area contributed by atoms with Crippen molar-refractivity contribution in [1.82, 2.24) is 0 Å². The minimum absolute atomic E-state index is 0.402. The molecule has 0 fully saturated rings. The van der Waals surface area contributed by atoms with Crippen LogP contribution in [0.3, 0.4) is 0 Å². The summed E-state index contributed by atoms with van der Waals surface area (Å²) in [7, 11) is 0. The smallest absolute Gasteiger partial charge is 0.198 e. The average Bonchev–Trinajstić information content (AvgIpc) is 3.27. The van der Waals surface area contributed by atoms with Crippen molar-refractivity contribution in [2.45, 2.75) is 25.2 Å². The largest absolute Gasteiger partial charge is 0.369 e. The Balaban J connectivity index is 1.29. The van der Waals surface area contributed by atoms with Crippen LogP contribution in [0.5, 0.6) is 0 Å². The zero-order chi connectivity index (χ0) is 21.5. The molecule has 0 radical (unpaired) electrons. The summed E-state index contributed by atoms with van der Waals surface area (Å²) in [6.45, 7) is 0. The zero-order valence-electron chi connectivity index (χ0n) is 17.9. The highest BCUT2D eigenvalue weighted by molar-refractivity contribution is 6.08. The molecule has 156 valence electrons. The Kier molecular flexibility index (Phi) is 4.53. The van der Waals surface area contributed by atoms with Crippen molar-refractivity contribution in [2.24, 2.45) is 10.7 Å². The fraction of sp³-hybridized carbons (Fsp3) is 0.138. The molecular weight excluding hydrogens is 390 g/mol. The Morgan fingerprint density at radius 3 is 2.78 bits per heavy atom.